The highest BCUT2D eigenvalue weighted by molar-refractivity contribution is 5.91. The molecule has 0 fully saturated rings. The van der Waals surface area contributed by atoms with Gasteiger partial charge in [0.05, 0.1) is 45.5 Å². The van der Waals surface area contributed by atoms with E-state index in [1.54, 1.807) is 0 Å². The van der Waals surface area contributed by atoms with Gasteiger partial charge in [-0.2, -0.15) is 0 Å². The summed E-state index contributed by atoms with van der Waals surface area (Å²) in [5, 5.41) is 0. The molecular formula is C30H28N6. The molecule has 0 bridgehead atoms. The van der Waals surface area contributed by atoms with Crippen molar-refractivity contribution in [3.8, 4) is 0 Å². The molecule has 0 saturated carbocycles. The maximum Gasteiger partial charge on any atom is 0.0692 e. The predicted octanol–water partition coefficient (Wildman–Crippen LogP) is 6.96. The van der Waals surface area contributed by atoms with Crippen LogP contribution in [-0.2, 0) is 0 Å². The van der Waals surface area contributed by atoms with Crippen molar-refractivity contribution < 1.29 is 0 Å². The van der Waals surface area contributed by atoms with E-state index in [9.17, 15) is 0 Å². The van der Waals surface area contributed by atoms with Gasteiger partial charge in [0.2, 0.25) is 0 Å². The topological polar surface area (TPSA) is 111 Å². The second kappa shape index (κ2) is 9.64. The van der Waals surface area contributed by atoms with Crippen LogP contribution in [0.15, 0.2) is 121 Å². The van der Waals surface area contributed by atoms with Crippen LogP contribution in [0.2, 0.25) is 0 Å². The van der Waals surface area contributed by atoms with E-state index in [0.717, 1.165) is 34.1 Å². The Bertz CT molecular complexity index is 1290. The highest BCUT2D eigenvalue weighted by Gasteiger charge is 2.20. The lowest BCUT2D eigenvalue weighted by molar-refractivity contribution is 1.26. The Morgan fingerprint density at radius 3 is 0.750 bits per heavy atom. The number of nitrogen functional groups attached to an aromatic ring is 4. The molecule has 178 valence electrons. The monoisotopic (exact) mass is 472 g/mol. The average Bonchev–Trinajstić information content (AvgIpc) is 2.89. The first-order chi connectivity index (χ1) is 17.5. The third-order valence-corrected chi connectivity index (χ3v) is 6.08. The molecule has 0 aromatic heterocycles. The fraction of sp³-hybridized carbons (Fsp3) is 0. The predicted molar refractivity (Wildman–Crippen MR) is 153 cm³/mol. The molecule has 5 aromatic rings. The van der Waals surface area contributed by atoms with E-state index in [1.807, 2.05) is 121 Å². The van der Waals surface area contributed by atoms with E-state index in [-0.39, 0.29) is 0 Å². The largest absolute Gasteiger partial charge is 0.397 e. The minimum absolute atomic E-state index is 0.653. The van der Waals surface area contributed by atoms with E-state index in [1.165, 1.54) is 0 Å². The number of nitrogens with zero attached hydrogens (tertiary/aromatic N) is 2. The van der Waals surface area contributed by atoms with Crippen molar-refractivity contribution in [2.45, 2.75) is 0 Å². The summed E-state index contributed by atoms with van der Waals surface area (Å²) in [6.07, 6.45) is 0. The normalized spacial score (nSPS) is 10.7. The van der Waals surface area contributed by atoms with Gasteiger partial charge < -0.3 is 32.7 Å². The number of anilines is 10. The molecule has 6 nitrogen and oxygen atoms in total. The lowest BCUT2D eigenvalue weighted by atomic mass is 10.1. The molecule has 0 aliphatic carbocycles. The second-order valence-electron chi connectivity index (χ2n) is 8.42. The number of hydrogen-bond acceptors (Lipinski definition) is 6. The van der Waals surface area contributed by atoms with Gasteiger partial charge in [-0.3, -0.25) is 0 Å². The third-order valence-electron chi connectivity index (χ3n) is 6.08. The first-order valence-electron chi connectivity index (χ1n) is 11.6. The summed E-state index contributed by atoms with van der Waals surface area (Å²) < 4.78 is 0. The Morgan fingerprint density at radius 2 is 0.528 bits per heavy atom. The number of benzene rings is 5. The quantitative estimate of drug-likeness (QED) is 0.199. The van der Waals surface area contributed by atoms with Crippen LogP contribution in [-0.4, -0.2) is 0 Å². The zero-order chi connectivity index (χ0) is 25.1. The average molecular weight is 473 g/mol. The lowest BCUT2D eigenvalue weighted by Crippen LogP contribution is -2.15. The summed E-state index contributed by atoms with van der Waals surface area (Å²) in [7, 11) is 0. The van der Waals surface area contributed by atoms with Gasteiger partial charge in [0.25, 0.3) is 0 Å². The van der Waals surface area contributed by atoms with Crippen LogP contribution < -0.4 is 32.7 Å². The van der Waals surface area contributed by atoms with Crippen LogP contribution in [0.3, 0.4) is 0 Å². The van der Waals surface area contributed by atoms with Gasteiger partial charge in [-0.1, -0.05) is 48.5 Å². The van der Waals surface area contributed by atoms with E-state index >= 15 is 0 Å². The highest BCUT2D eigenvalue weighted by Crippen LogP contribution is 2.44. The Kier molecular flexibility index (Phi) is 6.07. The second-order valence-corrected chi connectivity index (χ2v) is 8.42. The minimum Gasteiger partial charge on any atom is -0.397 e. The van der Waals surface area contributed by atoms with E-state index in [0.29, 0.717) is 22.7 Å². The van der Waals surface area contributed by atoms with Crippen LogP contribution in [0.1, 0.15) is 0 Å². The summed E-state index contributed by atoms with van der Waals surface area (Å²) in [6, 6.07) is 39.2. The van der Waals surface area contributed by atoms with Crippen molar-refractivity contribution in [2.75, 3.05) is 32.7 Å². The van der Waals surface area contributed by atoms with Crippen molar-refractivity contribution in [2.24, 2.45) is 0 Å². The van der Waals surface area contributed by atoms with E-state index in [4.69, 9.17) is 22.9 Å². The zero-order valence-electron chi connectivity index (χ0n) is 19.8. The maximum absolute atomic E-state index is 6.39. The van der Waals surface area contributed by atoms with Crippen LogP contribution in [0.25, 0.3) is 0 Å². The molecule has 5 aromatic carbocycles. The Labute approximate surface area is 211 Å². The summed E-state index contributed by atoms with van der Waals surface area (Å²) in [5.41, 5.74) is 33.4. The number of hydrogen-bond donors (Lipinski definition) is 4. The lowest BCUT2D eigenvalue weighted by Gasteiger charge is -2.30. The minimum atomic E-state index is 0.653. The van der Waals surface area contributed by atoms with Crippen molar-refractivity contribution >= 4 is 56.9 Å². The third kappa shape index (κ3) is 4.23. The van der Waals surface area contributed by atoms with Crippen molar-refractivity contribution in [3.05, 3.63) is 121 Å². The fourth-order valence-corrected chi connectivity index (χ4v) is 4.33. The smallest absolute Gasteiger partial charge is 0.0692 e. The van der Waals surface area contributed by atoms with Gasteiger partial charge in [0.1, 0.15) is 0 Å². The van der Waals surface area contributed by atoms with Gasteiger partial charge in [0.15, 0.2) is 0 Å². The molecule has 0 spiro atoms. The fourth-order valence-electron chi connectivity index (χ4n) is 4.33. The molecule has 6 heteroatoms. The molecule has 0 aliphatic rings. The molecule has 0 heterocycles. The Morgan fingerprint density at radius 1 is 0.306 bits per heavy atom. The van der Waals surface area contributed by atoms with Gasteiger partial charge in [0, 0.05) is 11.4 Å². The summed E-state index contributed by atoms with van der Waals surface area (Å²) in [6.45, 7) is 0. The number of nitrogens with two attached hydrogens (primary N) is 4. The van der Waals surface area contributed by atoms with E-state index in [2.05, 4.69) is 9.80 Å². The zero-order valence-corrected chi connectivity index (χ0v) is 19.8. The van der Waals surface area contributed by atoms with Crippen molar-refractivity contribution in [3.63, 3.8) is 0 Å². The molecule has 0 unspecified atom stereocenters. The van der Waals surface area contributed by atoms with Gasteiger partial charge in [-0.05, 0) is 72.8 Å². The molecule has 0 saturated heterocycles. The Hall–Kier alpha value is -5.10. The van der Waals surface area contributed by atoms with Crippen LogP contribution >= 0.6 is 0 Å². The maximum atomic E-state index is 6.39. The molecule has 0 amide bonds. The Balaban J connectivity index is 1.64. The van der Waals surface area contributed by atoms with Crippen LogP contribution in [0.5, 0.6) is 0 Å². The van der Waals surface area contributed by atoms with Gasteiger partial charge in [-0.15, -0.1) is 0 Å². The summed E-state index contributed by atoms with van der Waals surface area (Å²) >= 11 is 0. The molecule has 0 aliphatic heterocycles. The standard InChI is InChI=1S/C30H28N6/c31-23-9-1-5-13-27(23)35(28-14-6-2-10-24(28)32)21-17-19-22(20-18-21)36(29-15-7-3-11-25(29)33)30-16-8-4-12-26(30)34/h1-20H,31-34H2. The van der Waals surface area contributed by atoms with Gasteiger partial charge in [-0.25, -0.2) is 0 Å². The molecule has 0 atom stereocenters. The van der Waals surface area contributed by atoms with Crippen LogP contribution in [0, 0.1) is 0 Å². The molecule has 5 rings (SSSR count). The van der Waals surface area contributed by atoms with Crippen molar-refractivity contribution in [1.29, 1.82) is 0 Å². The van der Waals surface area contributed by atoms with Crippen molar-refractivity contribution in [1.82, 2.24) is 0 Å². The summed E-state index contributed by atoms with van der Waals surface area (Å²) in [5.74, 6) is 0. The first kappa shape index (κ1) is 22.7. The van der Waals surface area contributed by atoms with E-state index < -0.39 is 0 Å². The van der Waals surface area contributed by atoms with Crippen LogP contribution in [0.4, 0.5) is 56.9 Å². The molecule has 36 heavy (non-hydrogen) atoms. The number of para-hydroxylation sites is 8. The molecular weight excluding hydrogens is 444 g/mol. The SMILES string of the molecule is Nc1ccccc1N(c1ccc(N(c2ccccc2N)c2ccccc2N)cc1)c1ccccc1N. The number of rotatable bonds is 6. The highest BCUT2D eigenvalue weighted by atomic mass is 15.2. The first-order valence-corrected chi connectivity index (χ1v) is 11.6. The molecule has 0 radical (unpaired) electrons. The summed E-state index contributed by atoms with van der Waals surface area (Å²) in [4.78, 5) is 4.12. The van der Waals surface area contributed by atoms with Gasteiger partial charge >= 0.3 is 0 Å². The molecule has 8 N–H and O–H groups in total.